The van der Waals surface area contributed by atoms with Crippen LogP contribution in [0.25, 0.3) is 0 Å². The summed E-state index contributed by atoms with van der Waals surface area (Å²) in [5.74, 6) is 0.644. The third-order valence-corrected chi connectivity index (χ3v) is 4.32. The van der Waals surface area contributed by atoms with Gasteiger partial charge in [-0.1, -0.05) is 21.6 Å². The summed E-state index contributed by atoms with van der Waals surface area (Å²) in [5, 5.41) is 8.43. The number of carboxylic acids is 1. The molecule has 1 aromatic rings. The van der Waals surface area contributed by atoms with E-state index in [1.807, 2.05) is 0 Å². The summed E-state index contributed by atoms with van der Waals surface area (Å²) in [4.78, 5) is 21.6. The average Bonchev–Trinajstić information content (AvgIpc) is 2.40. The summed E-state index contributed by atoms with van der Waals surface area (Å²) in [6.45, 7) is 0.207. The van der Waals surface area contributed by atoms with Crippen molar-refractivity contribution in [3.05, 3.63) is 24.3 Å². The summed E-state index contributed by atoms with van der Waals surface area (Å²) in [7, 11) is 2.88. The van der Waals surface area contributed by atoms with E-state index in [0.717, 1.165) is 0 Å². The van der Waals surface area contributed by atoms with Crippen LogP contribution in [-0.4, -0.2) is 35.3 Å². The highest BCUT2D eigenvalue weighted by atomic mass is 33.1. The Morgan fingerprint density at radius 2 is 1.80 bits per heavy atom. The van der Waals surface area contributed by atoms with Crippen molar-refractivity contribution in [2.75, 3.05) is 23.8 Å². The van der Waals surface area contributed by atoms with E-state index in [1.54, 1.807) is 24.3 Å². The van der Waals surface area contributed by atoms with E-state index in [-0.39, 0.29) is 13.0 Å². The predicted molar refractivity (Wildman–Crippen MR) is 80.0 cm³/mol. The van der Waals surface area contributed by atoms with Gasteiger partial charge in [0.15, 0.2) is 0 Å². The van der Waals surface area contributed by atoms with Crippen LogP contribution < -0.4 is 10.5 Å². The maximum atomic E-state index is 11.3. The number of nitrogen functional groups attached to an aromatic ring is 1. The Morgan fingerprint density at radius 3 is 2.45 bits per heavy atom. The number of benzene rings is 1. The number of aliphatic carboxylic acids is 1. The molecule has 0 spiro atoms. The van der Waals surface area contributed by atoms with E-state index in [4.69, 9.17) is 20.3 Å². The second kappa shape index (κ2) is 9.38. The van der Waals surface area contributed by atoms with Gasteiger partial charge in [-0.25, -0.2) is 4.79 Å². The molecule has 0 saturated heterocycles. The molecule has 6 nitrogen and oxygen atoms in total. The molecule has 20 heavy (non-hydrogen) atoms. The minimum atomic E-state index is -0.818. The average molecular weight is 317 g/mol. The maximum absolute atomic E-state index is 11.3. The van der Waals surface area contributed by atoms with Crippen LogP contribution in [0.4, 0.5) is 10.5 Å². The zero-order valence-corrected chi connectivity index (χ0v) is 12.2. The van der Waals surface area contributed by atoms with Crippen LogP contribution in [0.2, 0.25) is 0 Å². The van der Waals surface area contributed by atoms with Gasteiger partial charge in [-0.05, 0) is 24.3 Å². The smallest absolute Gasteiger partial charge is 0.481 e. The molecule has 1 rings (SSSR count). The summed E-state index contributed by atoms with van der Waals surface area (Å²) < 4.78 is 9.78. The molecule has 0 fully saturated rings. The summed E-state index contributed by atoms with van der Waals surface area (Å²) in [5.41, 5.74) is 6.08. The molecular formula is C12H15NO5S2. The number of nitrogens with two attached hydrogens (primary N) is 1. The van der Waals surface area contributed by atoms with Crippen molar-refractivity contribution in [3.8, 4) is 5.75 Å². The Balaban J connectivity index is 2.05. The second-order valence-corrected chi connectivity index (χ2v) is 6.26. The van der Waals surface area contributed by atoms with Gasteiger partial charge in [-0.2, -0.15) is 0 Å². The van der Waals surface area contributed by atoms with E-state index in [2.05, 4.69) is 0 Å². The summed E-state index contributed by atoms with van der Waals surface area (Å²) in [6.07, 6.45) is -0.650. The number of hydrogen-bond acceptors (Lipinski definition) is 7. The Morgan fingerprint density at radius 1 is 1.15 bits per heavy atom. The third-order valence-electron chi connectivity index (χ3n) is 1.95. The van der Waals surface area contributed by atoms with Crippen molar-refractivity contribution in [2.45, 2.75) is 6.42 Å². The molecule has 0 aromatic heterocycles. The summed E-state index contributed by atoms with van der Waals surface area (Å²) >= 11 is 0. The summed E-state index contributed by atoms with van der Waals surface area (Å²) in [6, 6.07) is 6.40. The van der Waals surface area contributed by atoms with Crippen LogP contribution in [0.1, 0.15) is 6.42 Å². The normalized spacial score (nSPS) is 10.0. The first-order valence-corrected chi connectivity index (χ1v) is 8.23. The highest BCUT2D eigenvalue weighted by Crippen LogP contribution is 2.21. The van der Waals surface area contributed by atoms with Crippen LogP contribution in [0, 0.1) is 0 Å². The second-order valence-electron chi connectivity index (χ2n) is 3.56. The maximum Gasteiger partial charge on any atom is 0.513 e. The molecule has 1 aromatic carbocycles. The van der Waals surface area contributed by atoms with Gasteiger partial charge in [0.1, 0.15) is 12.4 Å². The molecule has 0 bridgehead atoms. The van der Waals surface area contributed by atoms with E-state index in [1.165, 1.54) is 21.6 Å². The number of anilines is 1. The van der Waals surface area contributed by atoms with Gasteiger partial charge < -0.3 is 20.3 Å². The molecule has 0 aliphatic rings. The highest BCUT2D eigenvalue weighted by Gasteiger charge is 2.05. The lowest BCUT2D eigenvalue weighted by Gasteiger charge is -2.05. The topological polar surface area (TPSA) is 98.9 Å². The number of hydrogen-bond donors (Lipinski definition) is 2. The van der Waals surface area contributed by atoms with E-state index >= 15 is 0 Å². The minimum Gasteiger partial charge on any atom is -0.481 e. The lowest BCUT2D eigenvalue weighted by Crippen LogP contribution is -2.12. The fourth-order valence-electron chi connectivity index (χ4n) is 1.07. The largest absolute Gasteiger partial charge is 0.513 e. The Bertz CT molecular complexity index is 438. The van der Waals surface area contributed by atoms with Gasteiger partial charge >= 0.3 is 12.1 Å². The molecule has 8 heteroatoms. The molecule has 0 aliphatic carbocycles. The Kier molecular flexibility index (Phi) is 7.74. The molecule has 0 radical (unpaired) electrons. The van der Waals surface area contributed by atoms with Crippen molar-refractivity contribution in [3.63, 3.8) is 0 Å². The van der Waals surface area contributed by atoms with Crippen molar-refractivity contribution >= 4 is 39.4 Å². The number of carboxylic acid groups (broad SMARTS) is 1. The molecule has 3 N–H and O–H groups in total. The van der Waals surface area contributed by atoms with Crippen molar-refractivity contribution in [2.24, 2.45) is 0 Å². The number of carbonyl (C=O) groups excluding carboxylic acids is 1. The molecule has 0 saturated carbocycles. The first kappa shape index (κ1) is 16.5. The standard InChI is InChI=1S/C12H15NO5S2/c13-9-1-3-10(4-2-9)18-12(16)17-6-8-20-19-7-5-11(14)15/h1-4H,5-8,13H2,(H,14,15). The molecule has 0 atom stereocenters. The van der Waals surface area contributed by atoms with E-state index in [0.29, 0.717) is 22.9 Å². The fraction of sp³-hybridized carbons (Fsp3) is 0.333. The number of ether oxygens (including phenoxy) is 2. The van der Waals surface area contributed by atoms with Crippen LogP contribution in [0.5, 0.6) is 5.75 Å². The predicted octanol–water partition coefficient (Wildman–Crippen LogP) is 2.64. The first-order chi connectivity index (χ1) is 9.58. The Hall–Kier alpha value is -1.54. The number of rotatable bonds is 8. The van der Waals surface area contributed by atoms with Crippen LogP contribution in [-0.2, 0) is 9.53 Å². The highest BCUT2D eigenvalue weighted by molar-refractivity contribution is 8.76. The molecular weight excluding hydrogens is 302 g/mol. The van der Waals surface area contributed by atoms with Gasteiger partial charge in [0.2, 0.25) is 0 Å². The first-order valence-electron chi connectivity index (χ1n) is 5.74. The lowest BCUT2D eigenvalue weighted by atomic mass is 10.3. The molecule has 0 heterocycles. The van der Waals surface area contributed by atoms with Crippen LogP contribution >= 0.6 is 21.6 Å². The zero-order chi connectivity index (χ0) is 14.8. The van der Waals surface area contributed by atoms with Crippen LogP contribution in [0.15, 0.2) is 24.3 Å². The number of carbonyl (C=O) groups is 2. The van der Waals surface area contributed by atoms with Gasteiger partial charge in [0.05, 0.1) is 6.42 Å². The lowest BCUT2D eigenvalue weighted by molar-refractivity contribution is -0.136. The van der Waals surface area contributed by atoms with Gasteiger partial charge in [0, 0.05) is 17.2 Å². The monoisotopic (exact) mass is 317 g/mol. The molecule has 0 unspecified atom stereocenters. The van der Waals surface area contributed by atoms with Gasteiger partial charge in [-0.3, -0.25) is 4.79 Å². The molecule has 110 valence electrons. The van der Waals surface area contributed by atoms with Crippen molar-refractivity contribution < 1.29 is 24.2 Å². The van der Waals surface area contributed by atoms with Crippen molar-refractivity contribution in [1.82, 2.24) is 0 Å². The SMILES string of the molecule is Nc1ccc(OC(=O)OCCSSCCC(=O)O)cc1. The van der Waals surface area contributed by atoms with E-state index in [9.17, 15) is 9.59 Å². The Labute approximate surface area is 124 Å². The van der Waals surface area contributed by atoms with Gasteiger partial charge in [-0.15, -0.1) is 0 Å². The van der Waals surface area contributed by atoms with Crippen molar-refractivity contribution in [1.29, 1.82) is 0 Å². The van der Waals surface area contributed by atoms with E-state index < -0.39 is 12.1 Å². The molecule has 0 amide bonds. The molecule has 0 aliphatic heterocycles. The third kappa shape index (κ3) is 7.80. The van der Waals surface area contributed by atoms with Gasteiger partial charge in [0.25, 0.3) is 0 Å². The van der Waals surface area contributed by atoms with Crippen LogP contribution in [0.3, 0.4) is 0 Å². The minimum absolute atomic E-state index is 0.123. The fourth-order valence-corrected chi connectivity index (χ4v) is 2.87. The quantitative estimate of drug-likeness (QED) is 0.248. The zero-order valence-electron chi connectivity index (χ0n) is 10.6.